The van der Waals surface area contributed by atoms with E-state index in [2.05, 4.69) is 6.58 Å². The summed E-state index contributed by atoms with van der Waals surface area (Å²) >= 11 is 11.4. The van der Waals surface area contributed by atoms with Crippen molar-refractivity contribution < 1.29 is 14.3 Å². The van der Waals surface area contributed by atoms with E-state index in [4.69, 9.17) is 28.3 Å². The molecule has 0 fully saturated rings. The number of hydrogen-bond acceptors (Lipinski definition) is 2. The van der Waals surface area contributed by atoms with Gasteiger partial charge in [0.15, 0.2) is 0 Å². The Morgan fingerprint density at radius 2 is 2.11 bits per heavy atom. The van der Waals surface area contributed by atoms with Crippen molar-refractivity contribution in [3.8, 4) is 0 Å². The van der Waals surface area contributed by atoms with Gasteiger partial charge in [-0.1, -0.05) is 29.3 Å². The lowest BCUT2D eigenvalue weighted by atomic mass is 10.2. The molecule has 0 heterocycles. The quantitative estimate of drug-likeness (QED) is 0.669. The Morgan fingerprint density at radius 3 is 2.67 bits per heavy atom. The highest BCUT2D eigenvalue weighted by atomic mass is 35.5. The highest BCUT2D eigenvalue weighted by Crippen LogP contribution is 2.25. The molecule has 1 aromatic carbocycles. The van der Waals surface area contributed by atoms with Gasteiger partial charge in [-0.15, -0.1) is 6.58 Å². The summed E-state index contributed by atoms with van der Waals surface area (Å²) in [5.74, 6) is -1.20. The summed E-state index contributed by atoms with van der Waals surface area (Å²) in [6.45, 7) is 3.66. The lowest BCUT2D eigenvalue weighted by Gasteiger charge is -2.20. The Hall–Kier alpha value is -1.10. The van der Waals surface area contributed by atoms with Gasteiger partial charge in [0, 0.05) is 13.1 Å². The fraction of sp³-hybridized carbons (Fsp3) is 0.250. The minimum absolute atomic E-state index is 0.00821. The Kier molecular flexibility index (Phi) is 5.59. The topological polar surface area (TPSA) is 40.5 Å². The highest BCUT2D eigenvalue weighted by Gasteiger charge is 2.19. The predicted octanol–water partition coefficient (Wildman–Crippen LogP) is 2.75. The number of benzene rings is 1. The van der Waals surface area contributed by atoms with E-state index in [9.17, 15) is 9.18 Å². The SMILES string of the molecule is C=CCN(CCO)C(=O)c1cc(F)c(Cl)cc1Cl. The molecule has 1 amide bonds. The van der Waals surface area contributed by atoms with Crippen molar-refractivity contribution in [2.24, 2.45) is 0 Å². The summed E-state index contributed by atoms with van der Waals surface area (Å²) in [6.07, 6.45) is 1.51. The van der Waals surface area contributed by atoms with Crippen LogP contribution in [0.5, 0.6) is 0 Å². The van der Waals surface area contributed by atoms with Crippen molar-refractivity contribution >= 4 is 29.1 Å². The van der Waals surface area contributed by atoms with Crippen molar-refractivity contribution in [2.75, 3.05) is 19.7 Å². The molecule has 1 aromatic rings. The monoisotopic (exact) mass is 291 g/mol. The van der Waals surface area contributed by atoms with Gasteiger partial charge >= 0.3 is 0 Å². The minimum atomic E-state index is -0.716. The van der Waals surface area contributed by atoms with Crippen molar-refractivity contribution in [2.45, 2.75) is 0 Å². The number of halogens is 3. The second kappa shape index (κ2) is 6.73. The maximum atomic E-state index is 13.3. The summed E-state index contributed by atoms with van der Waals surface area (Å²) in [5.41, 5.74) is 0.00821. The zero-order valence-corrected chi connectivity index (χ0v) is 11.0. The molecule has 0 radical (unpaired) electrons. The number of carbonyl (C=O) groups excluding carboxylic acids is 1. The van der Waals surface area contributed by atoms with Gasteiger partial charge in [0.2, 0.25) is 0 Å². The Balaban J connectivity index is 3.07. The molecule has 18 heavy (non-hydrogen) atoms. The Morgan fingerprint density at radius 1 is 1.44 bits per heavy atom. The van der Waals surface area contributed by atoms with Gasteiger partial charge in [-0.2, -0.15) is 0 Å². The number of nitrogens with zero attached hydrogens (tertiary/aromatic N) is 1. The number of carbonyl (C=O) groups is 1. The van der Waals surface area contributed by atoms with Crippen LogP contribution in [0.1, 0.15) is 10.4 Å². The molecule has 0 spiro atoms. The first-order chi connectivity index (χ1) is 8.51. The fourth-order valence-electron chi connectivity index (χ4n) is 1.41. The summed E-state index contributed by atoms with van der Waals surface area (Å²) < 4.78 is 13.3. The van der Waals surface area contributed by atoms with E-state index in [-0.39, 0.29) is 35.3 Å². The summed E-state index contributed by atoms with van der Waals surface area (Å²) in [5, 5.41) is 8.79. The summed E-state index contributed by atoms with van der Waals surface area (Å²) in [4.78, 5) is 13.4. The van der Waals surface area contributed by atoms with E-state index in [0.29, 0.717) is 0 Å². The van der Waals surface area contributed by atoms with Crippen LogP contribution in [0.3, 0.4) is 0 Å². The van der Waals surface area contributed by atoms with Crippen molar-refractivity contribution in [3.63, 3.8) is 0 Å². The molecule has 0 saturated heterocycles. The molecular weight excluding hydrogens is 280 g/mol. The number of amides is 1. The number of hydrogen-bond donors (Lipinski definition) is 1. The lowest BCUT2D eigenvalue weighted by Crippen LogP contribution is -2.34. The third-order valence-corrected chi connectivity index (χ3v) is 2.85. The van der Waals surface area contributed by atoms with Crippen LogP contribution >= 0.6 is 23.2 Å². The average molecular weight is 292 g/mol. The predicted molar refractivity (Wildman–Crippen MR) is 69.6 cm³/mol. The van der Waals surface area contributed by atoms with Gasteiger partial charge < -0.3 is 10.0 Å². The van der Waals surface area contributed by atoms with E-state index in [1.54, 1.807) is 0 Å². The highest BCUT2D eigenvalue weighted by molar-refractivity contribution is 6.36. The molecule has 3 nitrogen and oxygen atoms in total. The molecule has 1 rings (SSSR count). The van der Waals surface area contributed by atoms with Crippen molar-refractivity contribution in [1.29, 1.82) is 0 Å². The smallest absolute Gasteiger partial charge is 0.255 e. The van der Waals surface area contributed by atoms with Gasteiger partial charge in [-0.25, -0.2) is 4.39 Å². The molecule has 0 bridgehead atoms. The number of aliphatic hydroxyl groups excluding tert-OH is 1. The summed E-state index contributed by atoms with van der Waals surface area (Å²) in [6, 6.07) is 2.16. The molecule has 1 N–H and O–H groups in total. The first-order valence-corrected chi connectivity index (χ1v) is 5.92. The second-order valence-corrected chi connectivity index (χ2v) is 4.32. The van der Waals surface area contributed by atoms with Crippen molar-refractivity contribution in [3.05, 3.63) is 46.2 Å². The molecule has 98 valence electrons. The summed E-state index contributed by atoms with van der Waals surface area (Å²) in [7, 11) is 0. The van der Waals surface area contributed by atoms with Crippen molar-refractivity contribution in [1.82, 2.24) is 4.90 Å². The third-order valence-electron chi connectivity index (χ3n) is 2.25. The van der Waals surface area contributed by atoms with E-state index >= 15 is 0 Å². The second-order valence-electron chi connectivity index (χ2n) is 3.51. The molecule has 0 saturated carbocycles. The molecule has 6 heteroatoms. The molecular formula is C12H12Cl2FNO2. The fourth-order valence-corrected chi connectivity index (χ4v) is 1.87. The van der Waals surface area contributed by atoms with Crippen LogP contribution < -0.4 is 0 Å². The van der Waals surface area contributed by atoms with Crippen LogP contribution in [0.2, 0.25) is 10.0 Å². The third kappa shape index (κ3) is 3.45. The minimum Gasteiger partial charge on any atom is -0.395 e. The van der Waals surface area contributed by atoms with Gasteiger partial charge in [0.05, 0.1) is 22.2 Å². The average Bonchev–Trinajstić information content (AvgIpc) is 2.33. The van der Waals surface area contributed by atoms with E-state index in [1.807, 2.05) is 0 Å². The van der Waals surface area contributed by atoms with Crippen LogP contribution in [0.4, 0.5) is 4.39 Å². The molecule has 0 aliphatic heterocycles. The molecule has 0 aromatic heterocycles. The maximum Gasteiger partial charge on any atom is 0.255 e. The molecule has 0 unspecified atom stereocenters. The number of rotatable bonds is 5. The van der Waals surface area contributed by atoms with Crippen LogP contribution in [0.15, 0.2) is 24.8 Å². The molecule has 0 aliphatic rings. The van der Waals surface area contributed by atoms with Gasteiger partial charge in [-0.3, -0.25) is 4.79 Å². The van der Waals surface area contributed by atoms with Crippen LogP contribution in [-0.4, -0.2) is 35.6 Å². The Labute approximate surface area is 114 Å². The normalized spacial score (nSPS) is 10.2. The van der Waals surface area contributed by atoms with Gasteiger partial charge in [0.25, 0.3) is 5.91 Å². The lowest BCUT2D eigenvalue weighted by molar-refractivity contribution is 0.0742. The van der Waals surface area contributed by atoms with Gasteiger partial charge in [-0.05, 0) is 12.1 Å². The molecule has 0 atom stereocenters. The largest absolute Gasteiger partial charge is 0.395 e. The standard InChI is InChI=1S/C12H12Cl2FNO2/c1-2-3-16(4-5-17)12(18)8-6-11(15)10(14)7-9(8)13/h2,6-7,17H,1,3-5H2. The van der Waals surface area contributed by atoms with Crippen LogP contribution in [-0.2, 0) is 0 Å². The Bertz CT molecular complexity index is 466. The zero-order chi connectivity index (χ0) is 13.7. The van der Waals surface area contributed by atoms with Crippen LogP contribution in [0, 0.1) is 5.82 Å². The maximum absolute atomic E-state index is 13.3. The van der Waals surface area contributed by atoms with E-state index in [1.165, 1.54) is 17.0 Å². The van der Waals surface area contributed by atoms with E-state index < -0.39 is 11.7 Å². The number of aliphatic hydroxyl groups is 1. The van der Waals surface area contributed by atoms with E-state index in [0.717, 1.165) is 6.07 Å². The first kappa shape index (κ1) is 15.0. The zero-order valence-electron chi connectivity index (χ0n) is 9.50. The molecule has 0 aliphatic carbocycles. The van der Waals surface area contributed by atoms with Gasteiger partial charge in [0.1, 0.15) is 5.82 Å². The van der Waals surface area contributed by atoms with Crippen LogP contribution in [0.25, 0.3) is 0 Å². The first-order valence-electron chi connectivity index (χ1n) is 5.16.